The Kier molecular flexibility index (Phi) is 3.59. The third kappa shape index (κ3) is 2.56. The SMILES string of the molecule is BrC1CCN(c2ncc(I)cn2)CC1. The number of hydrogen-bond acceptors (Lipinski definition) is 3. The molecule has 14 heavy (non-hydrogen) atoms. The van der Waals surface area contributed by atoms with Crippen LogP contribution in [-0.4, -0.2) is 27.9 Å². The third-order valence-corrected chi connectivity index (χ3v) is 3.79. The molecule has 0 aromatic carbocycles. The molecule has 5 heteroatoms. The summed E-state index contributed by atoms with van der Waals surface area (Å²) < 4.78 is 1.08. The first-order valence-electron chi connectivity index (χ1n) is 4.62. The first kappa shape index (κ1) is 10.6. The molecule has 1 aliphatic heterocycles. The lowest BCUT2D eigenvalue weighted by Crippen LogP contribution is -2.35. The van der Waals surface area contributed by atoms with Crippen LogP contribution in [0.4, 0.5) is 5.95 Å². The second-order valence-corrected chi connectivity index (χ2v) is 5.90. The lowest BCUT2D eigenvalue weighted by atomic mass is 10.1. The Morgan fingerprint density at radius 1 is 1.29 bits per heavy atom. The molecule has 0 amide bonds. The molecule has 0 saturated carbocycles. The maximum atomic E-state index is 4.32. The average molecular weight is 368 g/mol. The number of anilines is 1. The number of aromatic nitrogens is 2. The van der Waals surface area contributed by atoms with E-state index in [4.69, 9.17) is 0 Å². The Morgan fingerprint density at radius 2 is 1.86 bits per heavy atom. The molecule has 1 saturated heterocycles. The summed E-state index contributed by atoms with van der Waals surface area (Å²) in [6, 6.07) is 0. The second kappa shape index (κ2) is 4.74. The van der Waals surface area contributed by atoms with Crippen LogP contribution < -0.4 is 4.90 Å². The van der Waals surface area contributed by atoms with Gasteiger partial charge in [0.05, 0.1) is 0 Å². The Labute approximate surface area is 106 Å². The molecule has 1 aliphatic rings. The van der Waals surface area contributed by atoms with Gasteiger partial charge in [-0.15, -0.1) is 0 Å². The molecule has 1 aromatic rings. The molecule has 0 aliphatic carbocycles. The van der Waals surface area contributed by atoms with Crippen molar-refractivity contribution in [1.29, 1.82) is 0 Å². The van der Waals surface area contributed by atoms with Gasteiger partial charge in [-0.25, -0.2) is 9.97 Å². The van der Waals surface area contributed by atoms with Crippen molar-refractivity contribution >= 4 is 44.5 Å². The Balaban J connectivity index is 2.05. The van der Waals surface area contributed by atoms with Crippen LogP contribution in [0.5, 0.6) is 0 Å². The highest BCUT2D eigenvalue weighted by atomic mass is 127. The molecule has 0 spiro atoms. The number of halogens is 2. The molecule has 0 N–H and O–H groups in total. The van der Waals surface area contributed by atoms with Crippen LogP contribution in [0.2, 0.25) is 0 Å². The van der Waals surface area contributed by atoms with Gasteiger partial charge in [0.25, 0.3) is 0 Å². The lowest BCUT2D eigenvalue weighted by molar-refractivity contribution is 0.586. The van der Waals surface area contributed by atoms with Gasteiger partial charge in [-0.3, -0.25) is 0 Å². The highest BCUT2D eigenvalue weighted by Gasteiger charge is 2.18. The summed E-state index contributed by atoms with van der Waals surface area (Å²) in [4.78, 5) is 11.6. The average Bonchev–Trinajstić information content (AvgIpc) is 2.21. The number of nitrogens with zero attached hydrogens (tertiary/aromatic N) is 3. The molecule has 0 unspecified atom stereocenters. The first-order valence-corrected chi connectivity index (χ1v) is 6.62. The van der Waals surface area contributed by atoms with Crippen molar-refractivity contribution in [3.63, 3.8) is 0 Å². The maximum absolute atomic E-state index is 4.32. The van der Waals surface area contributed by atoms with Gasteiger partial charge in [0.15, 0.2) is 0 Å². The van der Waals surface area contributed by atoms with E-state index in [0.29, 0.717) is 4.83 Å². The van der Waals surface area contributed by atoms with E-state index in [1.54, 1.807) is 0 Å². The fraction of sp³-hybridized carbons (Fsp3) is 0.556. The summed E-state index contributed by atoms with van der Waals surface area (Å²) in [6.45, 7) is 2.10. The molecule has 3 nitrogen and oxygen atoms in total. The minimum absolute atomic E-state index is 0.669. The van der Waals surface area contributed by atoms with E-state index in [1.165, 1.54) is 12.8 Å². The van der Waals surface area contributed by atoms with Gasteiger partial charge in [0.2, 0.25) is 5.95 Å². The highest BCUT2D eigenvalue weighted by molar-refractivity contribution is 14.1. The minimum atomic E-state index is 0.669. The summed E-state index contributed by atoms with van der Waals surface area (Å²) in [5, 5.41) is 0. The fourth-order valence-corrected chi connectivity index (χ4v) is 2.20. The van der Waals surface area contributed by atoms with Gasteiger partial charge in [0.1, 0.15) is 0 Å². The van der Waals surface area contributed by atoms with E-state index in [0.717, 1.165) is 22.6 Å². The zero-order chi connectivity index (χ0) is 9.97. The van der Waals surface area contributed by atoms with Crippen LogP contribution in [0, 0.1) is 3.57 Å². The summed E-state index contributed by atoms with van der Waals surface area (Å²) >= 11 is 5.85. The third-order valence-electron chi connectivity index (χ3n) is 2.31. The quantitative estimate of drug-likeness (QED) is 0.564. The van der Waals surface area contributed by atoms with Crippen LogP contribution in [-0.2, 0) is 0 Å². The molecular weight excluding hydrogens is 357 g/mol. The van der Waals surface area contributed by atoms with Crippen LogP contribution in [0.15, 0.2) is 12.4 Å². The van der Waals surface area contributed by atoms with Crippen molar-refractivity contribution < 1.29 is 0 Å². The summed E-state index contributed by atoms with van der Waals surface area (Å²) in [7, 11) is 0. The van der Waals surface area contributed by atoms with Gasteiger partial charge in [0, 0.05) is 33.9 Å². The number of hydrogen-bond donors (Lipinski definition) is 0. The van der Waals surface area contributed by atoms with Crippen LogP contribution >= 0.6 is 38.5 Å². The maximum Gasteiger partial charge on any atom is 0.225 e. The number of rotatable bonds is 1. The normalized spacial score (nSPS) is 18.6. The van der Waals surface area contributed by atoms with Gasteiger partial charge in [-0.05, 0) is 35.4 Å². The summed E-state index contributed by atoms with van der Waals surface area (Å²) in [5.41, 5.74) is 0. The Morgan fingerprint density at radius 3 is 2.43 bits per heavy atom. The van der Waals surface area contributed by atoms with E-state index >= 15 is 0 Å². The lowest BCUT2D eigenvalue weighted by Gasteiger charge is -2.29. The van der Waals surface area contributed by atoms with Crippen molar-refractivity contribution in [2.75, 3.05) is 18.0 Å². The van der Waals surface area contributed by atoms with Crippen molar-refractivity contribution in [2.45, 2.75) is 17.7 Å². The molecule has 0 atom stereocenters. The van der Waals surface area contributed by atoms with E-state index in [2.05, 4.69) is 53.4 Å². The van der Waals surface area contributed by atoms with Gasteiger partial charge in [-0.1, -0.05) is 15.9 Å². The predicted molar refractivity (Wildman–Crippen MR) is 68.9 cm³/mol. The standard InChI is InChI=1S/C9H11BrIN3/c10-7-1-3-14(4-2-7)9-12-5-8(11)6-13-9/h5-7H,1-4H2. The van der Waals surface area contributed by atoms with E-state index in [-0.39, 0.29) is 0 Å². The fourth-order valence-electron chi connectivity index (χ4n) is 1.52. The zero-order valence-corrected chi connectivity index (χ0v) is 11.4. The smallest absolute Gasteiger partial charge is 0.225 e. The first-order chi connectivity index (χ1) is 6.75. The molecule has 2 rings (SSSR count). The molecule has 1 aromatic heterocycles. The molecule has 1 fully saturated rings. The van der Waals surface area contributed by atoms with Gasteiger partial charge < -0.3 is 4.90 Å². The number of piperidine rings is 1. The Bertz CT molecular complexity index is 295. The van der Waals surface area contributed by atoms with E-state index in [9.17, 15) is 0 Å². The van der Waals surface area contributed by atoms with Crippen LogP contribution in [0.1, 0.15) is 12.8 Å². The molecule has 0 bridgehead atoms. The highest BCUT2D eigenvalue weighted by Crippen LogP contribution is 2.20. The molecule has 0 radical (unpaired) electrons. The monoisotopic (exact) mass is 367 g/mol. The van der Waals surface area contributed by atoms with Gasteiger partial charge in [-0.2, -0.15) is 0 Å². The topological polar surface area (TPSA) is 29.0 Å². The summed E-state index contributed by atoms with van der Waals surface area (Å²) in [6.07, 6.45) is 6.08. The molecule has 2 heterocycles. The summed E-state index contributed by atoms with van der Waals surface area (Å²) in [5.74, 6) is 0.866. The van der Waals surface area contributed by atoms with Crippen molar-refractivity contribution in [3.8, 4) is 0 Å². The van der Waals surface area contributed by atoms with E-state index < -0.39 is 0 Å². The minimum Gasteiger partial charge on any atom is -0.341 e. The Hall–Kier alpha value is 0.0900. The van der Waals surface area contributed by atoms with Crippen molar-refractivity contribution in [2.24, 2.45) is 0 Å². The van der Waals surface area contributed by atoms with Crippen LogP contribution in [0.3, 0.4) is 0 Å². The van der Waals surface area contributed by atoms with Crippen LogP contribution in [0.25, 0.3) is 0 Å². The van der Waals surface area contributed by atoms with Gasteiger partial charge >= 0.3 is 0 Å². The van der Waals surface area contributed by atoms with Crippen molar-refractivity contribution in [1.82, 2.24) is 9.97 Å². The zero-order valence-electron chi connectivity index (χ0n) is 7.66. The van der Waals surface area contributed by atoms with Crippen molar-refractivity contribution in [3.05, 3.63) is 16.0 Å². The predicted octanol–water partition coefficient (Wildman–Crippen LogP) is 2.44. The largest absolute Gasteiger partial charge is 0.341 e. The molecular formula is C9H11BrIN3. The molecule has 76 valence electrons. The van der Waals surface area contributed by atoms with E-state index in [1.807, 2.05) is 12.4 Å². The number of alkyl halides is 1. The second-order valence-electron chi connectivity index (χ2n) is 3.36.